The average Bonchev–Trinajstić information content (AvgIpc) is 2.80. The molecule has 0 aliphatic rings. The highest BCUT2D eigenvalue weighted by atomic mass is 33.1. The quantitative estimate of drug-likeness (QED) is 0.655. The molecule has 2 rings (SSSR count). The molecule has 0 bridgehead atoms. The first kappa shape index (κ1) is 10.4. The van der Waals surface area contributed by atoms with E-state index in [-0.39, 0.29) is 0 Å². The van der Waals surface area contributed by atoms with Gasteiger partial charge in [-0.1, -0.05) is 10.8 Å². The smallest absolute Gasteiger partial charge is 0.177 e. The molecule has 0 aliphatic heterocycles. The van der Waals surface area contributed by atoms with Crippen LogP contribution >= 0.6 is 21.8 Å². The molecule has 4 nitrogen and oxygen atoms in total. The molecule has 0 amide bonds. The second-order valence-electron chi connectivity index (χ2n) is 2.68. The number of anilines is 1. The van der Waals surface area contributed by atoms with E-state index >= 15 is 0 Å². The monoisotopic (exact) mass is 238 g/mol. The molecule has 15 heavy (non-hydrogen) atoms. The topological polar surface area (TPSA) is 42.7 Å². The average molecular weight is 238 g/mol. The summed E-state index contributed by atoms with van der Waals surface area (Å²) >= 11 is 0. The normalized spacial score (nSPS) is 10.2. The summed E-state index contributed by atoms with van der Waals surface area (Å²) in [6.07, 6.45) is 7.38. The van der Waals surface area contributed by atoms with Crippen LogP contribution in [0.3, 0.4) is 0 Å². The molecule has 1 N–H and O–H groups in total. The summed E-state index contributed by atoms with van der Waals surface area (Å²) in [5.41, 5.74) is 0.959. The van der Waals surface area contributed by atoms with Crippen LogP contribution in [0.4, 0.5) is 5.69 Å². The predicted molar refractivity (Wildman–Crippen MR) is 66.1 cm³/mol. The standard InChI is InChI=1S/C9H10N4S2/c1-14-15-12-8-4-2-5-10-9(8)13-7-3-6-11-13/h2-7,12H,1H3. The molecule has 0 radical (unpaired) electrons. The van der Waals surface area contributed by atoms with E-state index in [1.807, 2.05) is 30.7 Å². The van der Waals surface area contributed by atoms with Gasteiger partial charge in [-0.15, -0.1) is 0 Å². The maximum Gasteiger partial charge on any atom is 0.177 e. The zero-order chi connectivity index (χ0) is 10.5. The minimum atomic E-state index is 0.809. The summed E-state index contributed by atoms with van der Waals surface area (Å²) in [4.78, 5) is 4.29. The second kappa shape index (κ2) is 5.09. The number of hydrogen-bond donors (Lipinski definition) is 1. The number of pyridine rings is 1. The minimum Gasteiger partial charge on any atom is -0.317 e. The van der Waals surface area contributed by atoms with Crippen LogP contribution in [-0.2, 0) is 0 Å². The molecule has 0 fully saturated rings. The van der Waals surface area contributed by atoms with Crippen molar-refractivity contribution in [1.29, 1.82) is 0 Å². The lowest BCUT2D eigenvalue weighted by Crippen LogP contribution is -2.01. The van der Waals surface area contributed by atoms with Gasteiger partial charge in [0, 0.05) is 29.6 Å². The van der Waals surface area contributed by atoms with Crippen molar-refractivity contribution in [2.45, 2.75) is 0 Å². The fourth-order valence-corrected chi connectivity index (χ4v) is 1.99. The molecule has 0 unspecified atom stereocenters. The number of nitrogens with zero attached hydrogens (tertiary/aromatic N) is 3. The van der Waals surface area contributed by atoms with Gasteiger partial charge in [-0.25, -0.2) is 9.67 Å². The first-order chi connectivity index (χ1) is 7.42. The summed E-state index contributed by atoms with van der Waals surface area (Å²) in [5.74, 6) is 0.809. The Balaban J connectivity index is 2.30. The summed E-state index contributed by atoms with van der Waals surface area (Å²) < 4.78 is 4.95. The predicted octanol–water partition coefficient (Wildman–Crippen LogP) is 2.61. The zero-order valence-electron chi connectivity index (χ0n) is 8.12. The Labute approximate surface area is 96.0 Å². The Morgan fingerprint density at radius 1 is 1.33 bits per heavy atom. The highest BCUT2D eigenvalue weighted by molar-refractivity contribution is 8.76. The number of aromatic nitrogens is 3. The van der Waals surface area contributed by atoms with Gasteiger partial charge >= 0.3 is 0 Å². The van der Waals surface area contributed by atoms with E-state index in [0.29, 0.717) is 0 Å². The molecule has 78 valence electrons. The first-order valence-corrected chi connectivity index (χ1v) is 6.88. The van der Waals surface area contributed by atoms with E-state index in [1.165, 1.54) is 0 Å². The van der Waals surface area contributed by atoms with E-state index in [4.69, 9.17) is 0 Å². The number of nitrogens with one attached hydrogen (secondary N) is 1. The van der Waals surface area contributed by atoms with Crippen LogP contribution in [0.15, 0.2) is 36.8 Å². The summed E-state index contributed by atoms with van der Waals surface area (Å²) in [6, 6.07) is 5.75. The summed E-state index contributed by atoms with van der Waals surface area (Å²) in [7, 11) is 3.21. The Hall–Kier alpha value is -1.14. The van der Waals surface area contributed by atoms with Gasteiger partial charge in [0.1, 0.15) is 0 Å². The number of rotatable bonds is 4. The molecule has 0 spiro atoms. The van der Waals surface area contributed by atoms with Crippen LogP contribution in [0.25, 0.3) is 5.82 Å². The minimum absolute atomic E-state index is 0.809. The van der Waals surface area contributed by atoms with Crippen LogP contribution < -0.4 is 4.72 Å². The van der Waals surface area contributed by atoms with Crippen molar-refractivity contribution in [3.8, 4) is 5.82 Å². The first-order valence-electron chi connectivity index (χ1n) is 4.32. The summed E-state index contributed by atoms with van der Waals surface area (Å²) in [6.45, 7) is 0. The van der Waals surface area contributed by atoms with E-state index in [2.05, 4.69) is 14.8 Å². The molecule has 0 aliphatic carbocycles. The Bertz CT molecular complexity index is 416. The molecule has 2 aromatic rings. The van der Waals surface area contributed by atoms with E-state index in [9.17, 15) is 0 Å². The highest BCUT2D eigenvalue weighted by Gasteiger charge is 2.04. The van der Waals surface area contributed by atoms with Gasteiger partial charge in [-0.3, -0.25) is 0 Å². The van der Waals surface area contributed by atoms with Crippen LogP contribution in [0.1, 0.15) is 0 Å². The molecule has 0 aromatic carbocycles. The third-order valence-corrected chi connectivity index (χ3v) is 2.96. The van der Waals surface area contributed by atoms with Crippen molar-refractivity contribution in [3.05, 3.63) is 36.8 Å². The summed E-state index contributed by atoms with van der Waals surface area (Å²) in [5, 5.41) is 4.15. The van der Waals surface area contributed by atoms with Crippen LogP contribution in [0, 0.1) is 0 Å². The lowest BCUT2D eigenvalue weighted by atomic mass is 10.4. The van der Waals surface area contributed by atoms with Gasteiger partial charge in [0.05, 0.1) is 5.69 Å². The molecule has 0 saturated heterocycles. The SMILES string of the molecule is CSSNc1cccnc1-n1cccn1. The fourth-order valence-electron chi connectivity index (χ4n) is 1.14. The van der Waals surface area contributed by atoms with E-state index in [0.717, 1.165) is 11.5 Å². The van der Waals surface area contributed by atoms with Crippen molar-refractivity contribution >= 4 is 27.5 Å². The molecule has 2 aromatic heterocycles. The molecule has 0 atom stereocenters. The third kappa shape index (κ3) is 2.45. The molecular formula is C9H10N4S2. The van der Waals surface area contributed by atoms with Crippen molar-refractivity contribution in [3.63, 3.8) is 0 Å². The molecule has 6 heteroatoms. The van der Waals surface area contributed by atoms with Crippen LogP contribution in [0.2, 0.25) is 0 Å². The maximum atomic E-state index is 4.29. The Kier molecular flexibility index (Phi) is 3.52. The maximum absolute atomic E-state index is 4.29. The van der Waals surface area contributed by atoms with E-state index in [1.54, 1.807) is 38.8 Å². The number of hydrogen-bond acceptors (Lipinski definition) is 5. The molecule has 0 saturated carbocycles. The molecular weight excluding hydrogens is 228 g/mol. The van der Waals surface area contributed by atoms with Gasteiger partial charge in [0.15, 0.2) is 5.82 Å². The van der Waals surface area contributed by atoms with Crippen molar-refractivity contribution in [2.24, 2.45) is 0 Å². The lowest BCUT2D eigenvalue weighted by Gasteiger charge is -2.08. The second-order valence-corrected chi connectivity index (χ2v) is 4.88. The largest absolute Gasteiger partial charge is 0.317 e. The van der Waals surface area contributed by atoms with Crippen molar-refractivity contribution in [2.75, 3.05) is 11.0 Å². The Morgan fingerprint density at radius 3 is 3.00 bits per heavy atom. The Morgan fingerprint density at radius 2 is 2.27 bits per heavy atom. The van der Waals surface area contributed by atoms with Crippen LogP contribution in [0.5, 0.6) is 0 Å². The fraction of sp³-hybridized carbons (Fsp3) is 0.111. The van der Waals surface area contributed by atoms with Crippen molar-refractivity contribution < 1.29 is 0 Å². The van der Waals surface area contributed by atoms with E-state index < -0.39 is 0 Å². The van der Waals surface area contributed by atoms with Gasteiger partial charge in [-0.05, 0) is 24.5 Å². The molecule has 2 heterocycles. The highest BCUT2D eigenvalue weighted by Crippen LogP contribution is 2.24. The third-order valence-electron chi connectivity index (χ3n) is 1.74. The van der Waals surface area contributed by atoms with Gasteiger partial charge < -0.3 is 4.72 Å². The zero-order valence-corrected chi connectivity index (χ0v) is 9.76. The van der Waals surface area contributed by atoms with Gasteiger partial charge in [-0.2, -0.15) is 5.10 Å². The van der Waals surface area contributed by atoms with Gasteiger partial charge in [0.2, 0.25) is 0 Å². The van der Waals surface area contributed by atoms with Crippen LogP contribution in [-0.4, -0.2) is 21.0 Å². The van der Waals surface area contributed by atoms with Gasteiger partial charge in [0.25, 0.3) is 0 Å². The van der Waals surface area contributed by atoms with Crippen molar-refractivity contribution in [1.82, 2.24) is 14.8 Å². The lowest BCUT2D eigenvalue weighted by molar-refractivity contribution is 0.850.